The van der Waals surface area contributed by atoms with Crippen molar-refractivity contribution in [2.45, 2.75) is 6.42 Å². The number of nitrogens with one attached hydrogen (secondary N) is 2. The van der Waals surface area contributed by atoms with Crippen molar-refractivity contribution in [1.82, 2.24) is 15.8 Å². The lowest BCUT2D eigenvalue weighted by molar-refractivity contribution is -0.122. The molecule has 0 radical (unpaired) electrons. The Bertz CT molecular complexity index is 682. The third-order valence-corrected chi connectivity index (χ3v) is 5.08. The van der Waals surface area contributed by atoms with E-state index in [1.54, 1.807) is 12.1 Å². The van der Waals surface area contributed by atoms with Crippen molar-refractivity contribution in [2.75, 3.05) is 37.6 Å². The standard InChI is InChI=1S/C18H22N4O2S/c23-17(19-20-18(24)16-7-4-14-25-16)8-9-21-10-12-22(13-11-21)15-5-2-1-3-6-15/h1-7,14H,8-13H2,(H,19,23)(H,20,24). The van der Waals surface area contributed by atoms with Crippen LogP contribution in [-0.4, -0.2) is 49.4 Å². The summed E-state index contributed by atoms with van der Waals surface area (Å²) >= 11 is 1.34. The van der Waals surface area contributed by atoms with Crippen molar-refractivity contribution in [1.29, 1.82) is 0 Å². The monoisotopic (exact) mass is 358 g/mol. The number of para-hydroxylation sites is 1. The van der Waals surface area contributed by atoms with Gasteiger partial charge in [0.1, 0.15) is 0 Å². The van der Waals surface area contributed by atoms with E-state index in [9.17, 15) is 9.59 Å². The molecule has 1 aromatic carbocycles. The first-order valence-corrected chi connectivity index (χ1v) is 9.25. The fraction of sp³-hybridized carbons (Fsp3) is 0.333. The number of rotatable bonds is 5. The molecule has 1 fully saturated rings. The van der Waals surface area contributed by atoms with Crippen molar-refractivity contribution >= 4 is 28.8 Å². The topological polar surface area (TPSA) is 64.7 Å². The minimum atomic E-state index is -0.278. The van der Waals surface area contributed by atoms with Crippen LogP contribution in [0.5, 0.6) is 0 Å². The fourth-order valence-electron chi connectivity index (χ4n) is 2.79. The van der Waals surface area contributed by atoms with Gasteiger partial charge in [-0.1, -0.05) is 24.3 Å². The lowest BCUT2D eigenvalue weighted by Crippen LogP contribution is -2.48. The Morgan fingerprint density at radius 3 is 2.40 bits per heavy atom. The van der Waals surface area contributed by atoms with Gasteiger partial charge in [0, 0.05) is 44.8 Å². The zero-order chi connectivity index (χ0) is 17.5. The van der Waals surface area contributed by atoms with Crippen LogP contribution in [0, 0.1) is 0 Å². The molecule has 1 saturated heterocycles. The van der Waals surface area contributed by atoms with Crippen LogP contribution in [0.25, 0.3) is 0 Å². The van der Waals surface area contributed by atoms with Crippen LogP contribution in [0.2, 0.25) is 0 Å². The van der Waals surface area contributed by atoms with Gasteiger partial charge in [0.15, 0.2) is 0 Å². The molecule has 0 unspecified atom stereocenters. The number of hydrogen-bond donors (Lipinski definition) is 2. The number of benzene rings is 1. The second-order valence-electron chi connectivity index (χ2n) is 5.89. The highest BCUT2D eigenvalue weighted by atomic mass is 32.1. The minimum Gasteiger partial charge on any atom is -0.369 e. The van der Waals surface area contributed by atoms with Crippen LogP contribution in [-0.2, 0) is 4.79 Å². The molecule has 25 heavy (non-hydrogen) atoms. The molecule has 7 heteroatoms. The molecule has 0 spiro atoms. The number of piperazine rings is 1. The molecule has 2 heterocycles. The average Bonchev–Trinajstić information content (AvgIpc) is 3.20. The molecule has 2 aromatic rings. The quantitative estimate of drug-likeness (QED) is 0.799. The lowest BCUT2D eigenvalue weighted by Gasteiger charge is -2.36. The van der Waals surface area contributed by atoms with Crippen molar-refractivity contribution in [3.05, 3.63) is 52.7 Å². The van der Waals surface area contributed by atoms with E-state index < -0.39 is 0 Å². The third-order valence-electron chi connectivity index (χ3n) is 4.21. The fourth-order valence-corrected chi connectivity index (χ4v) is 3.41. The first-order chi connectivity index (χ1) is 12.2. The summed E-state index contributed by atoms with van der Waals surface area (Å²) in [5.74, 6) is -0.449. The summed E-state index contributed by atoms with van der Waals surface area (Å²) in [5, 5.41) is 1.83. The van der Waals surface area contributed by atoms with E-state index in [1.165, 1.54) is 17.0 Å². The van der Waals surface area contributed by atoms with Gasteiger partial charge in [0.2, 0.25) is 5.91 Å². The summed E-state index contributed by atoms with van der Waals surface area (Å²) in [6.07, 6.45) is 0.371. The number of amides is 2. The molecule has 0 bridgehead atoms. The first kappa shape index (κ1) is 17.4. The molecule has 0 saturated carbocycles. The summed E-state index contributed by atoms with van der Waals surface area (Å²) in [6, 6.07) is 13.9. The zero-order valence-electron chi connectivity index (χ0n) is 14.0. The van der Waals surface area contributed by atoms with E-state index in [-0.39, 0.29) is 11.8 Å². The summed E-state index contributed by atoms with van der Waals surface area (Å²) in [7, 11) is 0. The maximum absolute atomic E-state index is 11.9. The zero-order valence-corrected chi connectivity index (χ0v) is 14.8. The number of hydrogen-bond acceptors (Lipinski definition) is 5. The second-order valence-corrected chi connectivity index (χ2v) is 6.84. The molecule has 132 valence electrons. The molecule has 0 aliphatic carbocycles. The largest absolute Gasteiger partial charge is 0.369 e. The van der Waals surface area contributed by atoms with Gasteiger partial charge in [-0.15, -0.1) is 11.3 Å². The second kappa shape index (κ2) is 8.64. The van der Waals surface area contributed by atoms with E-state index in [1.807, 2.05) is 11.4 Å². The molecular formula is C18H22N4O2S. The number of thiophene rings is 1. The van der Waals surface area contributed by atoms with Gasteiger partial charge < -0.3 is 4.90 Å². The Labute approximate surface area is 151 Å². The summed E-state index contributed by atoms with van der Waals surface area (Å²) in [6.45, 7) is 4.48. The Morgan fingerprint density at radius 2 is 1.72 bits per heavy atom. The predicted octanol–water partition coefficient (Wildman–Crippen LogP) is 1.72. The number of carbonyl (C=O) groups is 2. The summed E-state index contributed by atoms with van der Waals surface area (Å²) < 4.78 is 0. The van der Waals surface area contributed by atoms with E-state index >= 15 is 0 Å². The van der Waals surface area contributed by atoms with Crippen molar-refractivity contribution in [3.63, 3.8) is 0 Å². The molecule has 1 aliphatic rings. The first-order valence-electron chi connectivity index (χ1n) is 8.37. The van der Waals surface area contributed by atoms with Gasteiger partial charge in [0.25, 0.3) is 5.91 Å². The SMILES string of the molecule is O=C(CCN1CCN(c2ccccc2)CC1)NNC(=O)c1cccs1. The van der Waals surface area contributed by atoms with Crippen LogP contribution >= 0.6 is 11.3 Å². The molecule has 0 atom stereocenters. The highest BCUT2D eigenvalue weighted by Crippen LogP contribution is 2.15. The normalized spacial score (nSPS) is 15.0. The molecule has 1 aromatic heterocycles. The summed E-state index contributed by atoms with van der Waals surface area (Å²) in [5.41, 5.74) is 6.17. The Balaban J connectivity index is 1.34. The highest BCUT2D eigenvalue weighted by Gasteiger charge is 2.17. The van der Waals surface area contributed by atoms with Crippen LogP contribution in [0.4, 0.5) is 5.69 Å². The minimum absolute atomic E-state index is 0.171. The predicted molar refractivity (Wildman–Crippen MR) is 99.6 cm³/mol. The Kier molecular flexibility index (Phi) is 6.03. The number of anilines is 1. The van der Waals surface area contributed by atoms with Crippen molar-refractivity contribution in [2.24, 2.45) is 0 Å². The van der Waals surface area contributed by atoms with Gasteiger partial charge >= 0.3 is 0 Å². The number of hydrazine groups is 1. The number of nitrogens with zero attached hydrogens (tertiary/aromatic N) is 2. The van der Waals surface area contributed by atoms with Crippen molar-refractivity contribution in [3.8, 4) is 0 Å². The molecule has 2 amide bonds. The maximum Gasteiger partial charge on any atom is 0.279 e. The van der Waals surface area contributed by atoms with E-state index in [2.05, 4.69) is 44.9 Å². The third kappa shape index (κ3) is 5.04. The van der Waals surface area contributed by atoms with Crippen LogP contribution in [0.1, 0.15) is 16.1 Å². The molecule has 3 rings (SSSR count). The van der Waals surface area contributed by atoms with Gasteiger partial charge in [-0.2, -0.15) is 0 Å². The van der Waals surface area contributed by atoms with Crippen LogP contribution in [0.15, 0.2) is 47.8 Å². The van der Waals surface area contributed by atoms with Gasteiger partial charge in [0.05, 0.1) is 4.88 Å². The molecule has 6 nitrogen and oxygen atoms in total. The average molecular weight is 358 g/mol. The van der Waals surface area contributed by atoms with Crippen molar-refractivity contribution < 1.29 is 9.59 Å². The van der Waals surface area contributed by atoms with E-state index in [4.69, 9.17) is 0 Å². The Hall–Kier alpha value is -2.38. The van der Waals surface area contributed by atoms with Crippen LogP contribution in [0.3, 0.4) is 0 Å². The molecular weight excluding hydrogens is 336 g/mol. The van der Waals surface area contributed by atoms with Crippen LogP contribution < -0.4 is 15.8 Å². The lowest BCUT2D eigenvalue weighted by atomic mass is 10.2. The Morgan fingerprint density at radius 1 is 0.960 bits per heavy atom. The smallest absolute Gasteiger partial charge is 0.279 e. The molecule has 2 N–H and O–H groups in total. The van der Waals surface area contributed by atoms with E-state index in [0.29, 0.717) is 17.8 Å². The molecule has 1 aliphatic heterocycles. The van der Waals surface area contributed by atoms with Gasteiger partial charge in [-0.3, -0.25) is 25.3 Å². The van der Waals surface area contributed by atoms with Gasteiger partial charge in [-0.25, -0.2) is 0 Å². The van der Waals surface area contributed by atoms with Gasteiger partial charge in [-0.05, 0) is 23.6 Å². The van der Waals surface area contributed by atoms with E-state index in [0.717, 1.165) is 26.2 Å². The summed E-state index contributed by atoms with van der Waals surface area (Å²) in [4.78, 5) is 28.9. The maximum atomic E-state index is 11.9. The highest BCUT2D eigenvalue weighted by molar-refractivity contribution is 7.12. The number of carbonyl (C=O) groups excluding carboxylic acids is 2.